The molecule has 1 saturated heterocycles. The molecule has 1 N–H and O–H groups in total. The SMILES string of the molecule is Cc1cccc(-c2ncccn2)c1C(=O)N1CCCC(C)C1CNc1ccc(C(F)(F)F)cn1. The number of anilines is 1. The van der Waals surface area contributed by atoms with Gasteiger partial charge in [-0.05, 0) is 49.4 Å². The van der Waals surface area contributed by atoms with Gasteiger partial charge < -0.3 is 10.2 Å². The zero-order valence-electron chi connectivity index (χ0n) is 19.0. The standard InChI is InChI=1S/C25H26F3N5O/c1-16-7-4-13-33(20(16)15-32-21-10-9-18(14-31-21)25(26,27)28)24(34)22-17(2)6-3-8-19(22)23-29-11-5-12-30-23/h3,5-6,8-12,14,16,20H,4,7,13,15H2,1-2H3,(H,31,32). The molecule has 4 rings (SSSR count). The number of halogens is 3. The van der Waals surface area contributed by atoms with E-state index >= 15 is 0 Å². The van der Waals surface area contributed by atoms with Crippen LogP contribution in [0.4, 0.5) is 19.0 Å². The number of nitrogens with one attached hydrogen (secondary N) is 1. The summed E-state index contributed by atoms with van der Waals surface area (Å²) < 4.78 is 38.5. The van der Waals surface area contributed by atoms with E-state index in [1.165, 1.54) is 6.07 Å². The van der Waals surface area contributed by atoms with Crippen molar-refractivity contribution >= 4 is 11.7 Å². The minimum Gasteiger partial charge on any atom is -0.368 e. The number of rotatable bonds is 5. The van der Waals surface area contributed by atoms with Crippen LogP contribution < -0.4 is 5.32 Å². The maximum atomic E-state index is 13.8. The molecule has 0 saturated carbocycles. The second kappa shape index (κ2) is 9.79. The van der Waals surface area contributed by atoms with Gasteiger partial charge in [-0.1, -0.05) is 25.1 Å². The second-order valence-corrected chi connectivity index (χ2v) is 8.57. The molecule has 0 aliphatic carbocycles. The summed E-state index contributed by atoms with van der Waals surface area (Å²) in [5, 5.41) is 3.12. The van der Waals surface area contributed by atoms with Gasteiger partial charge >= 0.3 is 6.18 Å². The highest BCUT2D eigenvalue weighted by molar-refractivity contribution is 6.01. The number of alkyl halides is 3. The minimum atomic E-state index is -4.43. The van der Waals surface area contributed by atoms with Crippen LogP contribution in [0.2, 0.25) is 0 Å². The third kappa shape index (κ3) is 5.03. The van der Waals surface area contributed by atoms with E-state index in [-0.39, 0.29) is 17.9 Å². The number of aryl methyl sites for hydroxylation is 1. The molecule has 3 heterocycles. The summed E-state index contributed by atoms with van der Waals surface area (Å²) in [7, 11) is 0. The van der Waals surface area contributed by atoms with E-state index in [0.29, 0.717) is 35.9 Å². The average Bonchev–Trinajstić information content (AvgIpc) is 2.83. The zero-order chi connectivity index (χ0) is 24.3. The van der Waals surface area contributed by atoms with Crippen LogP contribution in [0.3, 0.4) is 0 Å². The number of carbonyl (C=O) groups is 1. The molecule has 2 aromatic heterocycles. The number of hydrogen-bond acceptors (Lipinski definition) is 5. The first-order valence-electron chi connectivity index (χ1n) is 11.2. The lowest BCUT2D eigenvalue weighted by atomic mass is 9.89. The third-order valence-electron chi connectivity index (χ3n) is 6.25. The fraction of sp³-hybridized carbons (Fsp3) is 0.360. The van der Waals surface area contributed by atoms with E-state index in [2.05, 4.69) is 27.2 Å². The molecule has 178 valence electrons. The number of carbonyl (C=O) groups excluding carboxylic acids is 1. The normalized spacial score (nSPS) is 18.6. The lowest BCUT2D eigenvalue weighted by molar-refractivity contribution is -0.137. The monoisotopic (exact) mass is 469 g/mol. The topological polar surface area (TPSA) is 71.0 Å². The Kier molecular flexibility index (Phi) is 6.81. The van der Waals surface area contributed by atoms with Crippen LogP contribution in [0.25, 0.3) is 11.4 Å². The molecule has 2 unspecified atom stereocenters. The van der Waals surface area contributed by atoms with Crippen molar-refractivity contribution in [2.24, 2.45) is 5.92 Å². The van der Waals surface area contributed by atoms with Crippen molar-refractivity contribution < 1.29 is 18.0 Å². The summed E-state index contributed by atoms with van der Waals surface area (Å²) in [6.07, 6.45) is 1.51. The maximum absolute atomic E-state index is 13.8. The fourth-order valence-corrected chi connectivity index (χ4v) is 4.41. The Morgan fingerprint density at radius 2 is 1.88 bits per heavy atom. The molecule has 2 atom stereocenters. The van der Waals surface area contributed by atoms with E-state index in [1.807, 2.05) is 30.0 Å². The van der Waals surface area contributed by atoms with Gasteiger partial charge in [-0.2, -0.15) is 13.2 Å². The Hall–Kier alpha value is -3.49. The van der Waals surface area contributed by atoms with Crippen molar-refractivity contribution in [3.63, 3.8) is 0 Å². The minimum absolute atomic E-state index is 0.0979. The van der Waals surface area contributed by atoms with E-state index in [0.717, 1.165) is 30.7 Å². The zero-order valence-corrected chi connectivity index (χ0v) is 19.0. The van der Waals surface area contributed by atoms with Gasteiger partial charge in [0.2, 0.25) is 0 Å². The maximum Gasteiger partial charge on any atom is 0.417 e. The van der Waals surface area contributed by atoms with Crippen LogP contribution in [0, 0.1) is 12.8 Å². The van der Waals surface area contributed by atoms with Crippen molar-refractivity contribution in [3.05, 3.63) is 71.7 Å². The van der Waals surface area contributed by atoms with Crippen LogP contribution in [-0.4, -0.2) is 44.9 Å². The summed E-state index contributed by atoms with van der Waals surface area (Å²) in [6.45, 7) is 4.96. The molecule has 34 heavy (non-hydrogen) atoms. The van der Waals surface area contributed by atoms with E-state index in [4.69, 9.17) is 0 Å². The van der Waals surface area contributed by atoms with Crippen molar-refractivity contribution in [2.45, 2.75) is 38.9 Å². The first-order valence-corrected chi connectivity index (χ1v) is 11.2. The summed E-state index contributed by atoms with van der Waals surface area (Å²) in [5.41, 5.74) is 1.29. The van der Waals surface area contributed by atoms with E-state index < -0.39 is 11.7 Å². The fourth-order valence-electron chi connectivity index (χ4n) is 4.41. The van der Waals surface area contributed by atoms with Gasteiger partial charge in [0.05, 0.1) is 17.2 Å². The van der Waals surface area contributed by atoms with Gasteiger partial charge in [-0.15, -0.1) is 0 Å². The highest BCUT2D eigenvalue weighted by atomic mass is 19.4. The van der Waals surface area contributed by atoms with Crippen LogP contribution in [-0.2, 0) is 6.18 Å². The largest absolute Gasteiger partial charge is 0.417 e. The molecule has 1 amide bonds. The number of nitrogens with zero attached hydrogens (tertiary/aromatic N) is 4. The number of amides is 1. The number of benzene rings is 1. The Balaban J connectivity index is 1.58. The summed E-state index contributed by atoms with van der Waals surface area (Å²) in [5.74, 6) is 0.940. The molecule has 1 aliphatic heterocycles. The van der Waals surface area contributed by atoms with Crippen molar-refractivity contribution in [2.75, 3.05) is 18.4 Å². The molecule has 1 fully saturated rings. The highest BCUT2D eigenvalue weighted by Gasteiger charge is 2.34. The van der Waals surface area contributed by atoms with Gasteiger partial charge in [-0.3, -0.25) is 4.79 Å². The Labute approximate surface area is 196 Å². The quantitative estimate of drug-likeness (QED) is 0.555. The molecule has 1 aliphatic rings. The molecular weight excluding hydrogens is 443 g/mol. The molecule has 3 aromatic rings. The number of likely N-dealkylation sites (tertiary alicyclic amines) is 1. The second-order valence-electron chi connectivity index (χ2n) is 8.57. The molecule has 1 aromatic carbocycles. The molecule has 0 spiro atoms. The van der Waals surface area contributed by atoms with E-state index in [9.17, 15) is 18.0 Å². The van der Waals surface area contributed by atoms with E-state index in [1.54, 1.807) is 18.5 Å². The Morgan fingerprint density at radius 1 is 1.12 bits per heavy atom. The summed E-state index contributed by atoms with van der Waals surface area (Å²) >= 11 is 0. The lowest BCUT2D eigenvalue weighted by Crippen LogP contribution is -2.51. The number of aromatic nitrogens is 3. The van der Waals surface area contributed by atoms with Gasteiger partial charge in [0, 0.05) is 37.2 Å². The van der Waals surface area contributed by atoms with Crippen LogP contribution in [0.15, 0.2) is 55.0 Å². The predicted octanol–water partition coefficient (Wildman–Crippen LogP) is 5.22. The molecule has 0 radical (unpaired) electrons. The van der Waals surface area contributed by atoms with Crippen LogP contribution in [0.1, 0.15) is 41.3 Å². The van der Waals surface area contributed by atoms with Crippen molar-refractivity contribution in [1.29, 1.82) is 0 Å². The van der Waals surface area contributed by atoms with Crippen molar-refractivity contribution in [3.8, 4) is 11.4 Å². The van der Waals surface area contributed by atoms with Gasteiger partial charge in [-0.25, -0.2) is 15.0 Å². The molecule has 9 heteroatoms. The molecular formula is C25H26F3N5O. The highest BCUT2D eigenvalue weighted by Crippen LogP contribution is 2.31. The van der Waals surface area contributed by atoms with Crippen molar-refractivity contribution in [1.82, 2.24) is 19.9 Å². The predicted molar refractivity (Wildman–Crippen MR) is 123 cm³/mol. The van der Waals surface area contributed by atoms with Crippen LogP contribution >= 0.6 is 0 Å². The summed E-state index contributed by atoms with van der Waals surface area (Å²) in [6, 6.07) is 9.52. The van der Waals surface area contributed by atoms with Gasteiger partial charge in [0.25, 0.3) is 5.91 Å². The lowest BCUT2D eigenvalue weighted by Gasteiger charge is -2.40. The summed E-state index contributed by atoms with van der Waals surface area (Å²) in [4.78, 5) is 28.3. The number of pyridine rings is 1. The van der Waals surface area contributed by atoms with Gasteiger partial charge in [0.1, 0.15) is 5.82 Å². The van der Waals surface area contributed by atoms with Crippen LogP contribution in [0.5, 0.6) is 0 Å². The first-order chi connectivity index (χ1) is 16.3. The first kappa shape index (κ1) is 23.7. The number of hydrogen-bond donors (Lipinski definition) is 1. The molecule has 0 bridgehead atoms. The smallest absolute Gasteiger partial charge is 0.368 e. The average molecular weight is 470 g/mol. The number of piperidine rings is 1. The van der Waals surface area contributed by atoms with Gasteiger partial charge in [0.15, 0.2) is 5.82 Å². The Morgan fingerprint density at radius 3 is 2.56 bits per heavy atom. The third-order valence-corrected chi connectivity index (χ3v) is 6.25. The molecule has 6 nitrogen and oxygen atoms in total. The Bertz CT molecular complexity index is 1140.